The van der Waals surface area contributed by atoms with E-state index >= 15 is 0 Å². The number of aliphatic hydroxyl groups is 1. The Morgan fingerprint density at radius 2 is 2.08 bits per heavy atom. The minimum atomic E-state index is -1.06. The fourth-order valence-electron chi connectivity index (χ4n) is 7.97. The molecule has 0 aromatic heterocycles. The molecule has 1 saturated heterocycles. The second kappa shape index (κ2) is 8.62. The number of hydrogen-bond donors (Lipinski definition) is 2. The molecule has 0 radical (unpaired) electrons. The standard InChI is InChI=1S/C32H36N2O4/c1-6-14-34-15-13-31-28-23-10-11-25(35)29(28)38-30(31)24(17-21(4)32(31,37)26(34)18-23)33(5)27(36)12-9-22-8-7-19(2)20(3)16-22/h6-8,10-11,16,21,24,26,30,35,37H,1,13-15,17-18H2,2-5H3/t21-,24+,26+,30-,31-,32+/m0/s1. The summed E-state index contributed by atoms with van der Waals surface area (Å²) in [5.74, 6) is 6.07. The van der Waals surface area contributed by atoms with Crippen molar-refractivity contribution in [1.29, 1.82) is 0 Å². The molecule has 6 atom stereocenters. The van der Waals surface area contributed by atoms with Crippen LogP contribution in [0.15, 0.2) is 43.0 Å². The van der Waals surface area contributed by atoms with Crippen molar-refractivity contribution in [3.8, 4) is 23.3 Å². The van der Waals surface area contributed by atoms with E-state index in [4.69, 9.17) is 4.74 Å². The van der Waals surface area contributed by atoms with E-state index in [-0.39, 0.29) is 29.7 Å². The van der Waals surface area contributed by atoms with Crippen LogP contribution < -0.4 is 4.74 Å². The van der Waals surface area contributed by atoms with Gasteiger partial charge in [-0.1, -0.05) is 31.1 Å². The van der Waals surface area contributed by atoms with Gasteiger partial charge >= 0.3 is 0 Å². The number of rotatable bonds is 3. The molecule has 2 aromatic carbocycles. The number of aryl methyl sites for hydroxylation is 2. The molecular formula is C32H36N2O4. The fraction of sp³-hybridized carbons (Fsp3) is 0.469. The molecule has 1 spiro atoms. The number of aromatic hydroxyl groups is 1. The van der Waals surface area contributed by atoms with E-state index in [1.165, 1.54) is 5.56 Å². The predicted molar refractivity (Wildman–Crippen MR) is 146 cm³/mol. The zero-order valence-electron chi connectivity index (χ0n) is 22.6. The number of amides is 1. The third-order valence-electron chi connectivity index (χ3n) is 9.97. The molecule has 6 nitrogen and oxygen atoms in total. The zero-order valence-corrected chi connectivity index (χ0v) is 22.6. The molecule has 6 heteroatoms. The molecule has 1 saturated carbocycles. The minimum absolute atomic E-state index is 0.0927. The number of nitrogens with zero attached hydrogens (tertiary/aromatic N) is 2. The van der Waals surface area contributed by atoms with Crippen LogP contribution in [0.4, 0.5) is 0 Å². The first-order valence-corrected chi connectivity index (χ1v) is 13.6. The van der Waals surface area contributed by atoms with Crippen molar-refractivity contribution in [2.24, 2.45) is 5.92 Å². The van der Waals surface area contributed by atoms with Gasteiger partial charge in [-0.25, -0.2) is 0 Å². The van der Waals surface area contributed by atoms with E-state index in [1.807, 2.05) is 37.3 Å². The highest BCUT2D eigenvalue weighted by Crippen LogP contribution is 2.67. The first-order valence-electron chi connectivity index (χ1n) is 13.6. The average Bonchev–Trinajstić information content (AvgIpc) is 3.24. The summed E-state index contributed by atoms with van der Waals surface area (Å²) in [5.41, 5.74) is 3.42. The lowest BCUT2D eigenvalue weighted by atomic mass is 9.45. The van der Waals surface area contributed by atoms with E-state index in [0.717, 1.165) is 28.8 Å². The first kappa shape index (κ1) is 25.0. The van der Waals surface area contributed by atoms with Crippen LogP contribution in [0, 0.1) is 31.6 Å². The van der Waals surface area contributed by atoms with Crippen LogP contribution in [0.5, 0.6) is 11.5 Å². The number of likely N-dealkylation sites (N-methyl/N-ethyl adjacent to an activating group) is 1. The van der Waals surface area contributed by atoms with Gasteiger partial charge in [0, 0.05) is 36.7 Å². The number of phenols is 1. The highest BCUT2D eigenvalue weighted by Gasteiger charge is 2.75. The Bertz CT molecular complexity index is 1410. The van der Waals surface area contributed by atoms with Gasteiger partial charge in [0.1, 0.15) is 6.10 Å². The molecule has 2 bridgehead atoms. The summed E-state index contributed by atoms with van der Waals surface area (Å²) in [6, 6.07) is 9.23. The molecule has 1 amide bonds. The van der Waals surface area contributed by atoms with Crippen molar-refractivity contribution < 1.29 is 19.7 Å². The quantitative estimate of drug-likeness (QED) is 0.487. The van der Waals surface area contributed by atoms with Crippen LogP contribution in [0.2, 0.25) is 0 Å². The number of likely N-dealkylation sites (tertiary alicyclic amines) is 1. The Morgan fingerprint density at radius 3 is 2.82 bits per heavy atom. The number of piperidine rings is 1. The van der Waals surface area contributed by atoms with E-state index in [2.05, 4.69) is 37.2 Å². The summed E-state index contributed by atoms with van der Waals surface area (Å²) in [5, 5.41) is 23.6. The second-order valence-electron chi connectivity index (χ2n) is 11.7. The maximum absolute atomic E-state index is 13.4. The number of carbonyl (C=O) groups excluding carboxylic acids is 1. The van der Waals surface area contributed by atoms with Crippen LogP contribution >= 0.6 is 0 Å². The van der Waals surface area contributed by atoms with Crippen molar-refractivity contribution >= 4 is 5.91 Å². The van der Waals surface area contributed by atoms with Gasteiger partial charge in [-0.3, -0.25) is 9.69 Å². The van der Waals surface area contributed by atoms with Gasteiger partial charge in [0.15, 0.2) is 11.5 Å². The minimum Gasteiger partial charge on any atom is -0.504 e. The van der Waals surface area contributed by atoms with Gasteiger partial charge in [-0.05, 0) is 80.5 Å². The van der Waals surface area contributed by atoms with Gasteiger partial charge < -0.3 is 19.8 Å². The summed E-state index contributed by atoms with van der Waals surface area (Å²) >= 11 is 0. The SMILES string of the molecule is C=CCN1CC[C@]23c4c5ccc(O)c4O[C@H]2[C@H](N(C)C(=O)C#Cc2ccc(C)c(C)c2)C[C@H](C)[C@@]3(O)[C@H]1C5. The van der Waals surface area contributed by atoms with E-state index in [1.54, 1.807) is 18.0 Å². The maximum Gasteiger partial charge on any atom is 0.298 e. The average molecular weight is 513 g/mol. The van der Waals surface area contributed by atoms with Crippen LogP contribution in [0.1, 0.15) is 47.6 Å². The van der Waals surface area contributed by atoms with Gasteiger partial charge in [-0.2, -0.15) is 0 Å². The topological polar surface area (TPSA) is 73.2 Å². The summed E-state index contributed by atoms with van der Waals surface area (Å²) in [7, 11) is 1.79. The Balaban J connectivity index is 1.41. The van der Waals surface area contributed by atoms with Crippen LogP contribution in [0.3, 0.4) is 0 Å². The van der Waals surface area contributed by atoms with Crippen LogP contribution in [-0.2, 0) is 16.6 Å². The molecule has 2 N–H and O–H groups in total. The van der Waals surface area contributed by atoms with Crippen molar-refractivity contribution in [1.82, 2.24) is 9.80 Å². The summed E-state index contributed by atoms with van der Waals surface area (Å²) < 4.78 is 6.60. The van der Waals surface area contributed by atoms with E-state index in [9.17, 15) is 15.0 Å². The Hall–Kier alpha value is -3.27. The smallest absolute Gasteiger partial charge is 0.298 e. The molecule has 2 aromatic rings. The Labute approximate surface area is 224 Å². The number of phenolic OH excluding ortho intramolecular Hbond substituents is 1. The lowest BCUT2D eigenvalue weighted by Gasteiger charge is -2.66. The lowest BCUT2D eigenvalue weighted by molar-refractivity contribution is -0.222. The monoisotopic (exact) mass is 512 g/mol. The molecule has 198 valence electrons. The summed E-state index contributed by atoms with van der Waals surface area (Å²) in [4.78, 5) is 17.5. The van der Waals surface area contributed by atoms with Gasteiger partial charge in [-0.15, -0.1) is 6.58 Å². The van der Waals surface area contributed by atoms with Crippen molar-refractivity contribution in [3.63, 3.8) is 0 Å². The summed E-state index contributed by atoms with van der Waals surface area (Å²) in [6.45, 7) is 11.6. The van der Waals surface area contributed by atoms with Crippen LogP contribution in [0.25, 0.3) is 0 Å². The second-order valence-corrected chi connectivity index (χ2v) is 11.7. The van der Waals surface area contributed by atoms with E-state index in [0.29, 0.717) is 31.6 Å². The molecule has 4 aliphatic rings. The molecule has 2 heterocycles. The molecule has 2 aliphatic heterocycles. The van der Waals surface area contributed by atoms with Gasteiger partial charge in [0.2, 0.25) is 0 Å². The molecule has 38 heavy (non-hydrogen) atoms. The van der Waals surface area contributed by atoms with Gasteiger partial charge in [0.25, 0.3) is 5.91 Å². The molecule has 0 unspecified atom stereocenters. The highest BCUT2D eigenvalue weighted by atomic mass is 16.5. The normalized spacial score (nSPS) is 32.4. The maximum atomic E-state index is 13.4. The lowest BCUT2D eigenvalue weighted by Crippen LogP contribution is -2.80. The first-order chi connectivity index (χ1) is 18.1. The molecule has 2 aliphatic carbocycles. The fourth-order valence-corrected chi connectivity index (χ4v) is 7.97. The number of ether oxygens (including phenoxy) is 1. The van der Waals surface area contributed by atoms with Crippen molar-refractivity contribution in [2.45, 2.75) is 69.2 Å². The highest BCUT2D eigenvalue weighted by molar-refractivity contribution is 5.94. The molecule has 2 fully saturated rings. The van der Waals surface area contributed by atoms with Crippen molar-refractivity contribution in [3.05, 3.63) is 70.8 Å². The zero-order chi connectivity index (χ0) is 27.0. The third-order valence-corrected chi connectivity index (χ3v) is 9.97. The number of carbonyl (C=O) groups is 1. The van der Waals surface area contributed by atoms with Gasteiger partial charge in [0.05, 0.1) is 17.1 Å². The van der Waals surface area contributed by atoms with Crippen molar-refractivity contribution in [2.75, 3.05) is 20.1 Å². The largest absolute Gasteiger partial charge is 0.504 e. The Kier molecular flexibility index (Phi) is 5.68. The molecule has 6 rings (SSSR count). The van der Waals surface area contributed by atoms with Crippen LogP contribution in [-0.4, -0.2) is 69.8 Å². The van der Waals surface area contributed by atoms with E-state index < -0.39 is 17.1 Å². The number of benzene rings is 2. The number of hydrogen-bond acceptors (Lipinski definition) is 5. The third kappa shape index (κ3) is 3.18. The summed E-state index contributed by atoms with van der Waals surface area (Å²) in [6.07, 6.45) is 3.38. The predicted octanol–water partition coefficient (Wildman–Crippen LogP) is 3.47. The Morgan fingerprint density at radius 1 is 1.29 bits per heavy atom. The molecular weight excluding hydrogens is 476 g/mol.